The summed E-state index contributed by atoms with van der Waals surface area (Å²) in [5.74, 6) is 0. The molecule has 4 aliphatic carbocycles. The van der Waals surface area contributed by atoms with E-state index in [4.69, 9.17) is 0 Å². The van der Waals surface area contributed by atoms with Gasteiger partial charge in [0.05, 0.1) is 0 Å². The van der Waals surface area contributed by atoms with Gasteiger partial charge in [-0.15, -0.1) is 0 Å². The lowest BCUT2D eigenvalue weighted by Gasteiger charge is -2.44. The number of benzene rings is 7. The van der Waals surface area contributed by atoms with Crippen molar-refractivity contribution in [2.24, 2.45) is 0 Å². The highest BCUT2D eigenvalue weighted by Gasteiger charge is 2.45. The minimum atomic E-state index is -0.125. The molecule has 7 aromatic rings. The van der Waals surface area contributed by atoms with Crippen LogP contribution in [0.25, 0.3) is 33.0 Å². The highest BCUT2D eigenvalue weighted by Crippen LogP contribution is 2.58. The molecule has 0 saturated heterocycles. The van der Waals surface area contributed by atoms with Crippen molar-refractivity contribution in [2.75, 3.05) is 10.2 Å². The molecule has 1 N–H and O–H groups in total. The van der Waals surface area contributed by atoms with Gasteiger partial charge in [0.2, 0.25) is 0 Å². The summed E-state index contributed by atoms with van der Waals surface area (Å²) in [5, 5.41) is 6.81. The average Bonchev–Trinajstić information content (AvgIpc) is 3.55. The summed E-state index contributed by atoms with van der Waals surface area (Å²) in [4.78, 5) is 2.79. The van der Waals surface area contributed by atoms with E-state index in [0.717, 1.165) is 7.28 Å². The van der Waals surface area contributed by atoms with Crippen molar-refractivity contribution < 1.29 is 0 Å². The Bertz CT molecular complexity index is 3420. The third-order valence-corrected chi connectivity index (χ3v) is 19.6. The first-order chi connectivity index (χ1) is 33.3. The van der Waals surface area contributed by atoms with Gasteiger partial charge in [-0.1, -0.05) is 175 Å². The molecule has 0 amide bonds. The molecule has 0 unspecified atom stereocenters. The van der Waals surface area contributed by atoms with Crippen molar-refractivity contribution in [1.29, 1.82) is 0 Å². The quantitative estimate of drug-likeness (QED) is 0.177. The SMILES string of the molecule is Cc1cc2c(cc1N1c3c(ccc4c3-c3ccccc3C4(C)C)Bc3c(-c4cc5c(cc4Nc4ccc6c(c4)C(C)(C)CCC6(C)C)C(C)(C)CCC5(C)C)cc4ccccc4c31)C(C)(C)CCC2(C)C. The predicted octanol–water partition coefficient (Wildman–Crippen LogP) is 17.1. The van der Waals surface area contributed by atoms with Crippen LogP contribution in [0.5, 0.6) is 0 Å². The van der Waals surface area contributed by atoms with Gasteiger partial charge in [0, 0.05) is 50.4 Å². The topological polar surface area (TPSA) is 15.3 Å². The molecule has 0 atom stereocenters. The number of fused-ring (bicyclic) bond motifs is 11. The zero-order chi connectivity index (χ0) is 50.2. The van der Waals surface area contributed by atoms with E-state index in [1.165, 1.54) is 161 Å². The van der Waals surface area contributed by atoms with E-state index in [0.29, 0.717) is 0 Å². The lowest BCUT2D eigenvalue weighted by molar-refractivity contribution is 0.332. The number of hydrogen-bond donors (Lipinski definition) is 1. The predicted molar refractivity (Wildman–Crippen MR) is 308 cm³/mol. The van der Waals surface area contributed by atoms with Crippen molar-refractivity contribution in [3.63, 3.8) is 0 Å². The van der Waals surface area contributed by atoms with Crippen LogP contribution in [0.4, 0.5) is 28.4 Å². The first kappa shape index (κ1) is 46.5. The molecule has 1 aliphatic heterocycles. The van der Waals surface area contributed by atoms with Crippen molar-refractivity contribution in [1.82, 2.24) is 0 Å². The second kappa shape index (κ2) is 15.0. The highest BCUT2D eigenvalue weighted by molar-refractivity contribution is 6.74. The number of hydrogen-bond acceptors (Lipinski definition) is 2. The van der Waals surface area contributed by atoms with Gasteiger partial charge < -0.3 is 10.2 Å². The summed E-state index contributed by atoms with van der Waals surface area (Å²) in [6.07, 6.45) is 7.11. The summed E-state index contributed by atoms with van der Waals surface area (Å²) in [5.41, 5.74) is 28.1. The summed E-state index contributed by atoms with van der Waals surface area (Å²) >= 11 is 0. The van der Waals surface area contributed by atoms with Gasteiger partial charge in [-0.25, -0.2) is 0 Å². The minimum absolute atomic E-state index is 0.0384. The summed E-state index contributed by atoms with van der Waals surface area (Å²) in [6.45, 7) is 36.9. The molecule has 2 nitrogen and oxygen atoms in total. The molecule has 0 bridgehead atoms. The minimum Gasteiger partial charge on any atom is -0.355 e. The first-order valence-electron chi connectivity index (χ1n) is 27.2. The normalized spacial score (nSPS) is 20.6. The number of nitrogens with one attached hydrogen (secondary N) is 1. The van der Waals surface area contributed by atoms with Crippen molar-refractivity contribution in [3.05, 3.63) is 159 Å². The van der Waals surface area contributed by atoms with Crippen LogP contribution in [0.1, 0.15) is 186 Å². The van der Waals surface area contributed by atoms with Crippen LogP contribution in [0.15, 0.2) is 109 Å². The van der Waals surface area contributed by atoms with E-state index in [9.17, 15) is 0 Å². The van der Waals surface area contributed by atoms with Gasteiger partial charge in [0.25, 0.3) is 0 Å². The molecule has 0 saturated carbocycles. The van der Waals surface area contributed by atoms with Crippen LogP contribution < -0.4 is 21.1 Å². The zero-order valence-electron chi connectivity index (χ0n) is 45.8. The van der Waals surface area contributed by atoms with Gasteiger partial charge in [-0.05, 0) is 186 Å². The summed E-state index contributed by atoms with van der Waals surface area (Å²) in [6, 6.07) is 43.9. The molecule has 0 spiro atoms. The summed E-state index contributed by atoms with van der Waals surface area (Å²) in [7, 11) is 0.841. The van der Waals surface area contributed by atoms with E-state index in [1.54, 1.807) is 0 Å². The lowest BCUT2D eigenvalue weighted by atomic mass is 9.56. The van der Waals surface area contributed by atoms with Gasteiger partial charge in [0.15, 0.2) is 7.28 Å². The molecule has 7 aromatic carbocycles. The Labute approximate surface area is 427 Å². The van der Waals surface area contributed by atoms with Crippen LogP contribution in [0, 0.1) is 6.92 Å². The molecule has 0 aromatic heterocycles. The fourth-order valence-corrected chi connectivity index (χ4v) is 14.5. The fraction of sp³-hybridized carbons (Fsp3) is 0.412. The number of nitrogens with zero attached hydrogens (tertiary/aromatic N) is 1. The zero-order valence-corrected chi connectivity index (χ0v) is 45.8. The largest absolute Gasteiger partial charge is 0.355 e. The Balaban J connectivity index is 1.18. The maximum atomic E-state index is 4.22. The maximum Gasteiger partial charge on any atom is 0.198 e. The van der Waals surface area contributed by atoms with Gasteiger partial charge >= 0.3 is 0 Å². The van der Waals surface area contributed by atoms with Crippen molar-refractivity contribution in [3.8, 4) is 22.3 Å². The van der Waals surface area contributed by atoms with Crippen LogP contribution >= 0.6 is 0 Å². The van der Waals surface area contributed by atoms with E-state index < -0.39 is 0 Å². The monoisotopic (exact) mass is 933 g/mol. The molecule has 362 valence electrons. The van der Waals surface area contributed by atoms with Crippen LogP contribution in [-0.2, 0) is 37.9 Å². The van der Waals surface area contributed by atoms with Crippen LogP contribution in [-0.4, -0.2) is 7.28 Å². The van der Waals surface area contributed by atoms with Crippen molar-refractivity contribution in [2.45, 2.75) is 180 Å². The summed E-state index contributed by atoms with van der Waals surface area (Å²) < 4.78 is 0. The Morgan fingerprint density at radius 1 is 0.437 bits per heavy atom. The second-order valence-electron chi connectivity index (χ2n) is 27.5. The molecule has 3 heteroatoms. The smallest absolute Gasteiger partial charge is 0.198 e. The van der Waals surface area contributed by atoms with Crippen molar-refractivity contribution >= 4 is 57.4 Å². The highest BCUT2D eigenvalue weighted by atomic mass is 15.2. The fourth-order valence-electron chi connectivity index (χ4n) is 14.5. The molecule has 71 heavy (non-hydrogen) atoms. The van der Waals surface area contributed by atoms with E-state index in [1.807, 2.05) is 0 Å². The third kappa shape index (κ3) is 6.86. The number of anilines is 5. The Kier molecular flexibility index (Phi) is 9.85. The maximum absolute atomic E-state index is 4.22. The lowest BCUT2D eigenvalue weighted by Crippen LogP contribution is -2.42. The first-order valence-corrected chi connectivity index (χ1v) is 27.2. The van der Waals surface area contributed by atoms with Gasteiger partial charge in [0.1, 0.15) is 0 Å². The Hall–Kier alpha value is -5.54. The standard InChI is InChI=1S/C68H77BN2/c1-40-34-50-54(67(12,13)33-30-63(50,4)5)39-57(40)71-60-43-21-17-16-20-41(43)35-46(59(60)69-55-27-26-49-58(61(55)71)44-22-18-19-23-47(44)68(49,14)15)45-37-52-53(66(10,11)32-31-65(52,8)9)38-56(45)70-42-24-25-48-51(36-42)64(6,7)29-28-62(48,2)3/h16-27,34-39,69-70H,28-33H2,1-15H3. The van der Waals surface area contributed by atoms with Gasteiger partial charge in [-0.2, -0.15) is 0 Å². The van der Waals surface area contributed by atoms with Crippen LogP contribution in [0.3, 0.4) is 0 Å². The average molecular weight is 933 g/mol. The van der Waals surface area contributed by atoms with E-state index >= 15 is 0 Å². The molecule has 5 aliphatic rings. The number of rotatable bonds is 4. The molecule has 12 rings (SSSR count). The molecular weight excluding hydrogens is 856 g/mol. The van der Waals surface area contributed by atoms with Crippen LogP contribution in [0.2, 0.25) is 0 Å². The van der Waals surface area contributed by atoms with E-state index in [2.05, 4.69) is 223 Å². The molecule has 0 fully saturated rings. The van der Waals surface area contributed by atoms with E-state index in [-0.39, 0.29) is 37.9 Å². The third-order valence-electron chi connectivity index (χ3n) is 19.6. The second-order valence-corrected chi connectivity index (χ2v) is 27.5. The molecule has 0 radical (unpaired) electrons. The number of aryl methyl sites for hydroxylation is 1. The Morgan fingerprint density at radius 2 is 0.972 bits per heavy atom. The Morgan fingerprint density at radius 3 is 1.63 bits per heavy atom. The molecular formula is C68H77BN2. The van der Waals surface area contributed by atoms with Gasteiger partial charge in [-0.3, -0.25) is 0 Å². The molecule has 1 heterocycles.